The van der Waals surface area contributed by atoms with Crippen LogP contribution < -0.4 is 14.8 Å². The van der Waals surface area contributed by atoms with Crippen LogP contribution in [0.15, 0.2) is 54.2 Å². The molecule has 8 nitrogen and oxygen atoms in total. The summed E-state index contributed by atoms with van der Waals surface area (Å²) in [5.41, 5.74) is 2.77. The minimum absolute atomic E-state index is 0.240. The Kier molecular flexibility index (Phi) is 5.94. The summed E-state index contributed by atoms with van der Waals surface area (Å²) in [7, 11) is 3.18. The summed E-state index contributed by atoms with van der Waals surface area (Å²) >= 11 is 1.60. The van der Waals surface area contributed by atoms with Crippen LogP contribution in [0.4, 0.5) is 0 Å². The van der Waals surface area contributed by atoms with Gasteiger partial charge in [0.25, 0.3) is 11.9 Å². The van der Waals surface area contributed by atoms with Gasteiger partial charge in [-0.25, -0.2) is 14.6 Å². The van der Waals surface area contributed by atoms with Crippen LogP contribution in [-0.4, -0.2) is 39.9 Å². The van der Waals surface area contributed by atoms with Crippen LogP contribution in [0, 0.1) is 6.92 Å². The van der Waals surface area contributed by atoms with Crippen molar-refractivity contribution in [3.05, 3.63) is 71.0 Å². The SMILES string of the molecule is COc1ccc(CNC(=O)c2cnn(-c3nccc(-c4cccs4)n3)c2C)c(OC)c1. The van der Waals surface area contributed by atoms with Crippen molar-refractivity contribution in [2.24, 2.45) is 0 Å². The first-order valence-electron chi connectivity index (χ1n) is 9.51. The summed E-state index contributed by atoms with van der Waals surface area (Å²) in [6.07, 6.45) is 3.21. The number of aromatic nitrogens is 4. The van der Waals surface area contributed by atoms with Gasteiger partial charge in [-0.2, -0.15) is 5.10 Å². The third-order valence-corrected chi connectivity index (χ3v) is 5.69. The number of hydrogen-bond acceptors (Lipinski definition) is 7. The molecule has 0 saturated carbocycles. The number of rotatable bonds is 7. The molecule has 0 aliphatic heterocycles. The maximum Gasteiger partial charge on any atom is 0.255 e. The largest absolute Gasteiger partial charge is 0.497 e. The lowest BCUT2D eigenvalue weighted by Crippen LogP contribution is -2.23. The number of carbonyl (C=O) groups is 1. The molecule has 0 atom stereocenters. The summed E-state index contributed by atoms with van der Waals surface area (Å²) in [5.74, 6) is 1.51. The molecule has 3 heterocycles. The van der Waals surface area contributed by atoms with Crippen LogP contribution in [0.2, 0.25) is 0 Å². The quantitative estimate of drug-likeness (QED) is 0.477. The molecule has 0 radical (unpaired) electrons. The van der Waals surface area contributed by atoms with E-state index in [-0.39, 0.29) is 5.91 Å². The van der Waals surface area contributed by atoms with Gasteiger partial charge in [0.15, 0.2) is 0 Å². The van der Waals surface area contributed by atoms with Crippen molar-refractivity contribution < 1.29 is 14.3 Å². The second-order valence-electron chi connectivity index (χ2n) is 6.64. The van der Waals surface area contributed by atoms with Crippen LogP contribution >= 0.6 is 11.3 Å². The molecular weight excluding hydrogens is 414 g/mol. The maximum absolute atomic E-state index is 12.8. The van der Waals surface area contributed by atoms with E-state index in [4.69, 9.17) is 9.47 Å². The molecule has 0 spiro atoms. The third kappa shape index (κ3) is 4.26. The van der Waals surface area contributed by atoms with Gasteiger partial charge >= 0.3 is 0 Å². The molecule has 4 aromatic rings. The maximum atomic E-state index is 12.8. The fraction of sp³-hybridized carbons (Fsp3) is 0.182. The second kappa shape index (κ2) is 8.97. The zero-order valence-electron chi connectivity index (χ0n) is 17.3. The van der Waals surface area contributed by atoms with Crippen LogP contribution in [0.3, 0.4) is 0 Å². The van der Waals surface area contributed by atoms with Gasteiger partial charge in [-0.15, -0.1) is 11.3 Å². The predicted octanol–water partition coefficient (Wildman–Crippen LogP) is 3.65. The number of amides is 1. The Morgan fingerprint density at radius 2 is 2.06 bits per heavy atom. The van der Waals surface area contributed by atoms with Gasteiger partial charge in [0.1, 0.15) is 11.5 Å². The lowest BCUT2D eigenvalue weighted by Gasteiger charge is -2.11. The van der Waals surface area contributed by atoms with E-state index in [0.717, 1.165) is 16.1 Å². The van der Waals surface area contributed by atoms with E-state index in [9.17, 15) is 4.79 Å². The number of benzene rings is 1. The number of hydrogen-bond donors (Lipinski definition) is 1. The van der Waals surface area contributed by atoms with E-state index in [0.29, 0.717) is 35.2 Å². The van der Waals surface area contributed by atoms with Gasteiger partial charge in [-0.3, -0.25) is 4.79 Å². The van der Waals surface area contributed by atoms with Crippen molar-refractivity contribution in [2.75, 3.05) is 14.2 Å². The standard InChI is InChI=1S/C22H21N5O3S/c1-14-17(21(28)24-12-15-6-7-16(29-2)11-19(15)30-3)13-25-27(14)22-23-9-8-18(26-22)20-5-4-10-31-20/h4-11,13H,12H2,1-3H3,(H,24,28). The van der Waals surface area contributed by atoms with Crippen molar-refractivity contribution in [1.29, 1.82) is 0 Å². The molecule has 0 fully saturated rings. The molecule has 158 valence electrons. The first-order valence-corrected chi connectivity index (χ1v) is 10.4. The van der Waals surface area contributed by atoms with E-state index in [1.165, 1.54) is 6.20 Å². The van der Waals surface area contributed by atoms with Crippen LogP contribution in [0.5, 0.6) is 11.5 Å². The van der Waals surface area contributed by atoms with E-state index in [1.54, 1.807) is 42.5 Å². The summed E-state index contributed by atoms with van der Waals surface area (Å²) in [5, 5.41) is 9.25. The highest BCUT2D eigenvalue weighted by Gasteiger charge is 2.17. The highest BCUT2D eigenvalue weighted by atomic mass is 32.1. The Morgan fingerprint density at radius 3 is 2.81 bits per heavy atom. The Labute approximate surface area is 183 Å². The van der Waals surface area contributed by atoms with E-state index in [1.807, 2.05) is 42.6 Å². The number of thiophene rings is 1. The predicted molar refractivity (Wildman–Crippen MR) is 118 cm³/mol. The molecule has 3 aromatic heterocycles. The smallest absolute Gasteiger partial charge is 0.255 e. The number of nitrogens with one attached hydrogen (secondary N) is 1. The highest BCUT2D eigenvalue weighted by Crippen LogP contribution is 2.25. The van der Waals surface area contributed by atoms with Crippen molar-refractivity contribution in [3.63, 3.8) is 0 Å². The fourth-order valence-electron chi connectivity index (χ4n) is 3.11. The van der Waals surface area contributed by atoms with E-state index in [2.05, 4.69) is 20.4 Å². The summed E-state index contributed by atoms with van der Waals surface area (Å²) in [6.45, 7) is 2.12. The molecule has 0 saturated heterocycles. The first-order chi connectivity index (χ1) is 15.1. The van der Waals surface area contributed by atoms with Gasteiger partial charge in [-0.1, -0.05) is 6.07 Å². The molecule has 1 N–H and O–H groups in total. The highest BCUT2D eigenvalue weighted by molar-refractivity contribution is 7.13. The van der Waals surface area contributed by atoms with Crippen LogP contribution in [0.25, 0.3) is 16.5 Å². The van der Waals surface area contributed by atoms with Crippen LogP contribution in [-0.2, 0) is 6.54 Å². The van der Waals surface area contributed by atoms with Crippen LogP contribution in [0.1, 0.15) is 21.6 Å². The molecule has 0 unspecified atom stereocenters. The van der Waals surface area contributed by atoms with Gasteiger partial charge in [0.05, 0.1) is 42.2 Å². The number of nitrogens with zero attached hydrogens (tertiary/aromatic N) is 4. The normalized spacial score (nSPS) is 10.7. The molecule has 0 aliphatic rings. The summed E-state index contributed by atoms with van der Waals surface area (Å²) in [6, 6.07) is 11.3. The van der Waals surface area contributed by atoms with Gasteiger partial charge in [0.2, 0.25) is 0 Å². The fourth-order valence-corrected chi connectivity index (χ4v) is 3.81. The zero-order valence-corrected chi connectivity index (χ0v) is 18.1. The number of ether oxygens (including phenoxy) is 2. The first kappa shape index (κ1) is 20.5. The van der Waals surface area contributed by atoms with Crippen molar-refractivity contribution in [2.45, 2.75) is 13.5 Å². The second-order valence-corrected chi connectivity index (χ2v) is 7.58. The molecular formula is C22H21N5O3S. The molecule has 0 aliphatic carbocycles. The van der Waals surface area contributed by atoms with Gasteiger partial charge < -0.3 is 14.8 Å². The molecule has 0 bridgehead atoms. The zero-order chi connectivity index (χ0) is 21.8. The summed E-state index contributed by atoms with van der Waals surface area (Å²) in [4.78, 5) is 22.7. The minimum Gasteiger partial charge on any atom is -0.497 e. The monoisotopic (exact) mass is 435 g/mol. The Balaban J connectivity index is 1.52. The molecule has 4 rings (SSSR count). The molecule has 1 aromatic carbocycles. The topological polar surface area (TPSA) is 91.2 Å². The molecule has 1 amide bonds. The average Bonchev–Trinajstić information content (AvgIpc) is 3.47. The van der Waals surface area contributed by atoms with Crippen molar-refractivity contribution in [3.8, 4) is 28.0 Å². The van der Waals surface area contributed by atoms with E-state index < -0.39 is 0 Å². The van der Waals surface area contributed by atoms with Crippen molar-refractivity contribution >= 4 is 17.2 Å². The van der Waals surface area contributed by atoms with Gasteiger partial charge in [-0.05, 0) is 36.6 Å². The van der Waals surface area contributed by atoms with Crippen molar-refractivity contribution in [1.82, 2.24) is 25.1 Å². The average molecular weight is 436 g/mol. The number of carbonyl (C=O) groups excluding carboxylic acids is 1. The Bertz CT molecular complexity index is 1200. The Hall–Kier alpha value is -3.72. The molecule has 31 heavy (non-hydrogen) atoms. The van der Waals surface area contributed by atoms with E-state index >= 15 is 0 Å². The summed E-state index contributed by atoms with van der Waals surface area (Å²) < 4.78 is 12.2. The number of methoxy groups -OCH3 is 2. The Morgan fingerprint density at radius 1 is 1.19 bits per heavy atom. The minimum atomic E-state index is -0.240. The third-order valence-electron chi connectivity index (χ3n) is 4.79. The lowest BCUT2D eigenvalue weighted by molar-refractivity contribution is 0.0950. The lowest BCUT2D eigenvalue weighted by atomic mass is 10.1. The van der Waals surface area contributed by atoms with Gasteiger partial charge in [0, 0.05) is 24.4 Å². The molecule has 9 heteroatoms.